The second kappa shape index (κ2) is 8.87. The van der Waals surface area contributed by atoms with E-state index in [1.165, 1.54) is 0 Å². The van der Waals surface area contributed by atoms with E-state index in [-0.39, 0.29) is 5.91 Å². The lowest BCUT2D eigenvalue weighted by atomic mass is 10.0. The molecule has 0 fully saturated rings. The second-order valence-corrected chi connectivity index (χ2v) is 6.08. The molecule has 0 aliphatic carbocycles. The summed E-state index contributed by atoms with van der Waals surface area (Å²) < 4.78 is 5.35. The zero-order valence-corrected chi connectivity index (χ0v) is 15.2. The third-order valence-electron chi connectivity index (χ3n) is 3.78. The van der Waals surface area contributed by atoms with Crippen molar-refractivity contribution in [3.63, 3.8) is 0 Å². The highest BCUT2D eigenvalue weighted by Crippen LogP contribution is 2.20. The van der Waals surface area contributed by atoms with E-state index in [9.17, 15) is 4.79 Å². The van der Waals surface area contributed by atoms with Gasteiger partial charge in [-0.15, -0.1) is 0 Å². The van der Waals surface area contributed by atoms with Crippen LogP contribution < -0.4 is 15.0 Å². The zero-order chi connectivity index (χ0) is 18.2. The third-order valence-corrected chi connectivity index (χ3v) is 3.78. The standard InChI is InChI=1S/C20H25N3O2/c1-15(12-16-8-5-6-10-18(16)25-4)13-19(24)22-14-17-9-7-11-21-20(17)23(2)3/h5-11,13H,12,14H2,1-4H3,(H,22,24)/b15-13-. The summed E-state index contributed by atoms with van der Waals surface area (Å²) in [5.41, 5.74) is 3.02. The van der Waals surface area contributed by atoms with E-state index in [1.807, 2.05) is 62.3 Å². The first-order valence-electron chi connectivity index (χ1n) is 8.19. The monoisotopic (exact) mass is 339 g/mol. The molecule has 2 rings (SSSR count). The maximum absolute atomic E-state index is 12.2. The number of ether oxygens (including phenoxy) is 1. The molecule has 0 saturated carbocycles. The molecule has 0 atom stereocenters. The Kier molecular flexibility index (Phi) is 6.57. The highest BCUT2D eigenvalue weighted by molar-refractivity contribution is 5.88. The van der Waals surface area contributed by atoms with Gasteiger partial charge in [-0.3, -0.25) is 4.79 Å². The quantitative estimate of drug-likeness (QED) is 0.788. The first-order valence-corrected chi connectivity index (χ1v) is 8.19. The molecule has 0 aliphatic heterocycles. The van der Waals surface area contributed by atoms with Crippen LogP contribution in [0.2, 0.25) is 0 Å². The Bertz CT molecular complexity index is 754. The topological polar surface area (TPSA) is 54.5 Å². The molecule has 0 radical (unpaired) electrons. The van der Waals surface area contributed by atoms with Crippen LogP contribution in [-0.2, 0) is 17.8 Å². The molecule has 0 saturated heterocycles. The van der Waals surface area contributed by atoms with Crippen LogP contribution in [0, 0.1) is 0 Å². The van der Waals surface area contributed by atoms with Gasteiger partial charge >= 0.3 is 0 Å². The molecule has 1 aromatic heterocycles. The van der Waals surface area contributed by atoms with E-state index in [4.69, 9.17) is 4.74 Å². The minimum atomic E-state index is -0.110. The van der Waals surface area contributed by atoms with Gasteiger partial charge in [0.1, 0.15) is 11.6 Å². The van der Waals surface area contributed by atoms with Crippen molar-refractivity contribution in [2.75, 3.05) is 26.1 Å². The summed E-state index contributed by atoms with van der Waals surface area (Å²) in [5.74, 6) is 1.58. The summed E-state index contributed by atoms with van der Waals surface area (Å²) in [6, 6.07) is 11.7. The number of benzene rings is 1. The Balaban J connectivity index is 1.98. The van der Waals surface area contributed by atoms with Gasteiger partial charge in [0, 0.05) is 38.5 Å². The predicted molar refractivity (Wildman–Crippen MR) is 101 cm³/mol. The van der Waals surface area contributed by atoms with Crippen LogP contribution in [0.1, 0.15) is 18.1 Å². The van der Waals surface area contributed by atoms with Crippen LogP contribution in [0.4, 0.5) is 5.82 Å². The summed E-state index contributed by atoms with van der Waals surface area (Å²) in [7, 11) is 5.52. The highest BCUT2D eigenvalue weighted by Gasteiger charge is 2.07. The molecule has 5 nitrogen and oxygen atoms in total. The minimum absolute atomic E-state index is 0.110. The molecule has 1 aromatic carbocycles. The van der Waals surface area contributed by atoms with Crippen LogP contribution in [0.25, 0.3) is 0 Å². The first kappa shape index (κ1) is 18.5. The number of pyridine rings is 1. The molecule has 5 heteroatoms. The minimum Gasteiger partial charge on any atom is -0.496 e. The Morgan fingerprint density at radius 3 is 2.64 bits per heavy atom. The Hall–Kier alpha value is -2.82. The summed E-state index contributed by atoms with van der Waals surface area (Å²) in [6.07, 6.45) is 4.06. The van der Waals surface area contributed by atoms with E-state index in [2.05, 4.69) is 10.3 Å². The summed E-state index contributed by atoms with van der Waals surface area (Å²) in [6.45, 7) is 2.39. The van der Waals surface area contributed by atoms with Crippen molar-refractivity contribution >= 4 is 11.7 Å². The molecule has 0 bridgehead atoms. The number of nitrogens with one attached hydrogen (secondary N) is 1. The average Bonchev–Trinajstić information content (AvgIpc) is 2.60. The number of anilines is 1. The largest absolute Gasteiger partial charge is 0.496 e. The number of carbonyl (C=O) groups is 1. The number of hydrogen-bond donors (Lipinski definition) is 1. The first-order chi connectivity index (χ1) is 12.0. The van der Waals surface area contributed by atoms with Gasteiger partial charge in [0.2, 0.25) is 5.91 Å². The van der Waals surface area contributed by atoms with Crippen LogP contribution >= 0.6 is 0 Å². The molecule has 25 heavy (non-hydrogen) atoms. The maximum atomic E-state index is 12.2. The van der Waals surface area contributed by atoms with Crippen LogP contribution in [-0.4, -0.2) is 32.1 Å². The fourth-order valence-corrected chi connectivity index (χ4v) is 2.63. The van der Waals surface area contributed by atoms with E-state index in [1.54, 1.807) is 19.4 Å². The molecule has 2 aromatic rings. The number of para-hydroxylation sites is 1. The lowest BCUT2D eigenvalue weighted by Gasteiger charge is -2.15. The van der Waals surface area contributed by atoms with Crippen molar-refractivity contribution in [1.82, 2.24) is 10.3 Å². The highest BCUT2D eigenvalue weighted by atomic mass is 16.5. The number of nitrogens with zero attached hydrogens (tertiary/aromatic N) is 2. The van der Waals surface area contributed by atoms with Crippen LogP contribution in [0.3, 0.4) is 0 Å². The number of aromatic nitrogens is 1. The van der Waals surface area contributed by atoms with Gasteiger partial charge in [0.25, 0.3) is 0 Å². The van der Waals surface area contributed by atoms with Crippen molar-refractivity contribution in [3.8, 4) is 5.75 Å². The van der Waals surface area contributed by atoms with Gasteiger partial charge in [0.05, 0.1) is 7.11 Å². The van der Waals surface area contributed by atoms with Crippen molar-refractivity contribution in [2.24, 2.45) is 0 Å². The lowest BCUT2D eigenvalue weighted by molar-refractivity contribution is -0.116. The summed E-state index contributed by atoms with van der Waals surface area (Å²) >= 11 is 0. The van der Waals surface area contributed by atoms with Gasteiger partial charge in [0.15, 0.2) is 0 Å². The maximum Gasteiger partial charge on any atom is 0.244 e. The fourth-order valence-electron chi connectivity index (χ4n) is 2.63. The average molecular weight is 339 g/mol. The molecule has 0 unspecified atom stereocenters. The number of allylic oxidation sites excluding steroid dienone is 1. The summed E-state index contributed by atoms with van der Waals surface area (Å²) in [5, 5.41) is 2.93. The molecule has 1 N–H and O–H groups in total. The van der Waals surface area contributed by atoms with Gasteiger partial charge in [-0.1, -0.05) is 29.8 Å². The summed E-state index contributed by atoms with van der Waals surface area (Å²) in [4.78, 5) is 18.5. The smallest absolute Gasteiger partial charge is 0.244 e. The number of rotatable bonds is 7. The molecule has 132 valence electrons. The molecule has 1 amide bonds. The lowest BCUT2D eigenvalue weighted by Crippen LogP contribution is -2.23. The van der Waals surface area contributed by atoms with Gasteiger partial charge in [-0.05, 0) is 31.0 Å². The number of amides is 1. The van der Waals surface area contributed by atoms with Crippen molar-refractivity contribution in [1.29, 1.82) is 0 Å². The van der Waals surface area contributed by atoms with E-state index < -0.39 is 0 Å². The molecular weight excluding hydrogens is 314 g/mol. The predicted octanol–water partition coefficient (Wildman–Crippen LogP) is 2.96. The Labute approximate surface area is 149 Å². The molecule has 0 spiro atoms. The Morgan fingerprint density at radius 1 is 1.20 bits per heavy atom. The number of methoxy groups -OCH3 is 1. The van der Waals surface area contributed by atoms with Crippen LogP contribution in [0.15, 0.2) is 54.2 Å². The van der Waals surface area contributed by atoms with Crippen molar-refractivity contribution in [2.45, 2.75) is 19.9 Å². The number of carbonyl (C=O) groups excluding carboxylic acids is 1. The van der Waals surface area contributed by atoms with E-state index in [0.29, 0.717) is 13.0 Å². The Morgan fingerprint density at radius 2 is 1.92 bits per heavy atom. The van der Waals surface area contributed by atoms with Gasteiger partial charge in [-0.25, -0.2) is 4.98 Å². The third kappa shape index (κ3) is 5.35. The molecule has 1 heterocycles. The van der Waals surface area contributed by atoms with Gasteiger partial charge in [-0.2, -0.15) is 0 Å². The molecule has 0 aliphatic rings. The normalized spacial score (nSPS) is 11.1. The van der Waals surface area contributed by atoms with Gasteiger partial charge < -0.3 is 15.0 Å². The van der Waals surface area contributed by atoms with Crippen molar-refractivity contribution < 1.29 is 9.53 Å². The fraction of sp³-hybridized carbons (Fsp3) is 0.300. The molecular formula is C20H25N3O2. The van der Waals surface area contributed by atoms with E-state index >= 15 is 0 Å². The van der Waals surface area contributed by atoms with Crippen molar-refractivity contribution in [3.05, 3.63) is 65.4 Å². The SMILES string of the molecule is COc1ccccc1C/C(C)=C\C(=O)NCc1cccnc1N(C)C. The second-order valence-electron chi connectivity index (χ2n) is 6.08. The van der Waals surface area contributed by atoms with E-state index in [0.717, 1.165) is 28.3 Å². The van der Waals surface area contributed by atoms with Crippen LogP contribution in [0.5, 0.6) is 5.75 Å². The number of hydrogen-bond acceptors (Lipinski definition) is 4. The zero-order valence-electron chi connectivity index (χ0n) is 15.2.